The van der Waals surface area contributed by atoms with Crippen molar-refractivity contribution < 1.29 is 19.1 Å². The number of benzene rings is 1. The molecule has 1 rings (SSSR count). The second kappa shape index (κ2) is 8.52. The van der Waals surface area contributed by atoms with Gasteiger partial charge in [-0.05, 0) is 31.5 Å². The number of carbonyl (C=O) groups excluding carboxylic acids is 2. The zero-order valence-corrected chi connectivity index (χ0v) is 13.2. The molecule has 0 spiro atoms. The van der Waals surface area contributed by atoms with Crippen LogP contribution in [0.5, 0.6) is 5.75 Å². The molecule has 0 aromatic heterocycles. The van der Waals surface area contributed by atoms with Crippen molar-refractivity contribution >= 4 is 29.2 Å². The van der Waals surface area contributed by atoms with Gasteiger partial charge in [0.05, 0.1) is 12.8 Å². The molecule has 5 nitrogen and oxygen atoms in total. The molecule has 0 radical (unpaired) electrons. The van der Waals surface area contributed by atoms with E-state index in [0.717, 1.165) is 12.8 Å². The number of ether oxygens (including phenoxy) is 2. The molecule has 0 aliphatic carbocycles. The first-order chi connectivity index (χ1) is 9.97. The summed E-state index contributed by atoms with van der Waals surface area (Å²) in [7, 11) is 1.49. The summed E-state index contributed by atoms with van der Waals surface area (Å²) >= 11 is 5.89. The van der Waals surface area contributed by atoms with Gasteiger partial charge in [-0.15, -0.1) is 0 Å². The van der Waals surface area contributed by atoms with Crippen LogP contribution in [-0.2, 0) is 14.3 Å². The van der Waals surface area contributed by atoms with Gasteiger partial charge >= 0.3 is 5.97 Å². The van der Waals surface area contributed by atoms with Crippen molar-refractivity contribution in [2.24, 2.45) is 0 Å². The number of esters is 1. The number of nitrogens with one attached hydrogen (secondary N) is 1. The molecule has 0 aliphatic heterocycles. The molecule has 0 aliphatic rings. The molecule has 0 unspecified atom stereocenters. The number of rotatable bonds is 7. The summed E-state index contributed by atoms with van der Waals surface area (Å²) in [5.41, 5.74) is 0.437. The smallest absolute Gasteiger partial charge is 0.306 e. The lowest BCUT2D eigenvalue weighted by molar-refractivity contribution is -0.153. The number of hydrogen-bond donors (Lipinski definition) is 1. The largest absolute Gasteiger partial charge is 0.495 e. The van der Waals surface area contributed by atoms with Crippen molar-refractivity contribution in [3.8, 4) is 5.75 Å². The molecular formula is C15H20ClNO4. The highest BCUT2D eigenvalue weighted by Gasteiger charge is 2.19. The van der Waals surface area contributed by atoms with E-state index < -0.39 is 12.0 Å². The van der Waals surface area contributed by atoms with E-state index in [1.165, 1.54) is 14.0 Å². The van der Waals surface area contributed by atoms with Crippen LogP contribution in [0.1, 0.15) is 33.1 Å². The minimum Gasteiger partial charge on any atom is -0.495 e. The number of methoxy groups -OCH3 is 1. The van der Waals surface area contributed by atoms with Gasteiger partial charge in [-0.3, -0.25) is 9.59 Å². The zero-order chi connectivity index (χ0) is 15.8. The van der Waals surface area contributed by atoms with E-state index in [-0.39, 0.29) is 5.97 Å². The van der Waals surface area contributed by atoms with Crippen LogP contribution in [0, 0.1) is 0 Å². The van der Waals surface area contributed by atoms with E-state index in [1.54, 1.807) is 18.2 Å². The van der Waals surface area contributed by atoms with Crippen molar-refractivity contribution in [1.82, 2.24) is 0 Å². The van der Waals surface area contributed by atoms with Gasteiger partial charge in [0.2, 0.25) is 0 Å². The van der Waals surface area contributed by atoms with Gasteiger partial charge in [0, 0.05) is 11.4 Å². The van der Waals surface area contributed by atoms with Crippen molar-refractivity contribution in [2.45, 2.75) is 39.2 Å². The minimum absolute atomic E-state index is 0.314. The summed E-state index contributed by atoms with van der Waals surface area (Å²) in [5, 5.41) is 3.11. The molecule has 1 amide bonds. The Kier molecular flexibility index (Phi) is 7.02. The topological polar surface area (TPSA) is 64.6 Å². The molecular weight excluding hydrogens is 294 g/mol. The number of unbranched alkanes of at least 4 members (excludes halogenated alkanes) is 1. The second-order valence-electron chi connectivity index (χ2n) is 4.57. The first-order valence-electron chi connectivity index (χ1n) is 6.81. The number of anilines is 1. The van der Waals surface area contributed by atoms with Crippen LogP contribution < -0.4 is 10.1 Å². The molecule has 1 aromatic rings. The van der Waals surface area contributed by atoms with Gasteiger partial charge in [0.1, 0.15) is 5.75 Å². The molecule has 0 saturated heterocycles. The maximum absolute atomic E-state index is 12.0. The quantitative estimate of drug-likeness (QED) is 0.783. The maximum Gasteiger partial charge on any atom is 0.306 e. The lowest BCUT2D eigenvalue weighted by atomic mass is 10.2. The Labute approximate surface area is 129 Å². The van der Waals surface area contributed by atoms with E-state index in [9.17, 15) is 9.59 Å². The summed E-state index contributed by atoms with van der Waals surface area (Å²) in [6.07, 6.45) is 1.08. The van der Waals surface area contributed by atoms with Crippen LogP contribution in [0.25, 0.3) is 0 Å². The van der Waals surface area contributed by atoms with Gasteiger partial charge in [0.15, 0.2) is 6.10 Å². The number of carbonyl (C=O) groups is 2. The molecule has 0 fully saturated rings. The Hall–Kier alpha value is -1.75. The van der Waals surface area contributed by atoms with Crippen molar-refractivity contribution in [2.75, 3.05) is 12.4 Å². The monoisotopic (exact) mass is 313 g/mol. The first kappa shape index (κ1) is 17.3. The highest BCUT2D eigenvalue weighted by Crippen LogP contribution is 2.27. The van der Waals surface area contributed by atoms with Gasteiger partial charge in [0.25, 0.3) is 5.91 Å². The van der Waals surface area contributed by atoms with Gasteiger partial charge in [-0.25, -0.2) is 0 Å². The fourth-order valence-electron chi connectivity index (χ4n) is 1.64. The molecule has 21 heavy (non-hydrogen) atoms. The Morgan fingerprint density at radius 2 is 2.10 bits per heavy atom. The van der Waals surface area contributed by atoms with Crippen LogP contribution in [0.2, 0.25) is 5.02 Å². The van der Waals surface area contributed by atoms with Crippen LogP contribution in [0.3, 0.4) is 0 Å². The van der Waals surface area contributed by atoms with E-state index in [0.29, 0.717) is 22.9 Å². The molecule has 1 N–H and O–H groups in total. The Balaban J connectivity index is 2.64. The summed E-state index contributed by atoms with van der Waals surface area (Å²) in [4.78, 5) is 23.5. The lowest BCUT2D eigenvalue weighted by Crippen LogP contribution is -2.30. The highest BCUT2D eigenvalue weighted by molar-refractivity contribution is 6.31. The van der Waals surface area contributed by atoms with Crippen molar-refractivity contribution in [1.29, 1.82) is 0 Å². The number of amides is 1. The molecule has 1 atom stereocenters. The molecule has 1 aromatic carbocycles. The van der Waals surface area contributed by atoms with Gasteiger partial charge in [-0.1, -0.05) is 24.9 Å². The molecule has 6 heteroatoms. The minimum atomic E-state index is -0.877. The Morgan fingerprint density at radius 1 is 1.38 bits per heavy atom. The second-order valence-corrected chi connectivity index (χ2v) is 5.01. The predicted octanol–water partition coefficient (Wildman–Crippen LogP) is 3.41. The first-order valence-corrected chi connectivity index (χ1v) is 7.19. The van der Waals surface area contributed by atoms with E-state index >= 15 is 0 Å². The average molecular weight is 314 g/mol. The fraction of sp³-hybridized carbons (Fsp3) is 0.467. The van der Waals surface area contributed by atoms with Crippen LogP contribution in [-0.4, -0.2) is 25.1 Å². The molecule has 0 bridgehead atoms. The molecule has 0 saturated carbocycles. The summed E-state index contributed by atoms with van der Waals surface area (Å²) in [6, 6.07) is 4.88. The fourth-order valence-corrected chi connectivity index (χ4v) is 1.82. The predicted molar refractivity (Wildman–Crippen MR) is 81.7 cm³/mol. The van der Waals surface area contributed by atoms with E-state index in [2.05, 4.69) is 5.32 Å². The summed E-state index contributed by atoms with van der Waals surface area (Å²) in [6.45, 7) is 3.51. The normalized spacial score (nSPS) is 11.6. The van der Waals surface area contributed by atoms with Crippen molar-refractivity contribution in [3.05, 3.63) is 23.2 Å². The van der Waals surface area contributed by atoms with Gasteiger partial charge < -0.3 is 14.8 Å². The maximum atomic E-state index is 12.0. The average Bonchev–Trinajstić information content (AvgIpc) is 2.45. The van der Waals surface area contributed by atoms with Gasteiger partial charge in [-0.2, -0.15) is 0 Å². The van der Waals surface area contributed by atoms with E-state index in [4.69, 9.17) is 21.1 Å². The lowest BCUT2D eigenvalue weighted by Gasteiger charge is -2.15. The van der Waals surface area contributed by atoms with E-state index in [1.807, 2.05) is 6.92 Å². The third-order valence-electron chi connectivity index (χ3n) is 2.83. The van der Waals surface area contributed by atoms with Crippen LogP contribution in [0.15, 0.2) is 18.2 Å². The summed E-state index contributed by atoms with van der Waals surface area (Å²) in [5.74, 6) is -0.324. The Bertz CT molecular complexity index is 504. The summed E-state index contributed by atoms with van der Waals surface area (Å²) < 4.78 is 10.2. The third-order valence-corrected chi connectivity index (χ3v) is 3.07. The molecule has 0 heterocycles. The molecule has 116 valence electrons. The number of halogens is 1. The standard InChI is InChI=1S/C15H20ClNO4/c1-4-5-6-14(18)21-10(2)15(19)17-12-9-11(16)7-8-13(12)20-3/h7-10H,4-6H2,1-3H3,(H,17,19)/t10-/m0/s1. The third kappa shape index (κ3) is 5.63. The Morgan fingerprint density at radius 3 is 2.71 bits per heavy atom. The van der Waals surface area contributed by atoms with Crippen molar-refractivity contribution in [3.63, 3.8) is 0 Å². The SMILES string of the molecule is CCCCC(=O)O[C@@H](C)C(=O)Nc1cc(Cl)ccc1OC. The zero-order valence-electron chi connectivity index (χ0n) is 12.4. The number of hydrogen-bond acceptors (Lipinski definition) is 4. The highest BCUT2D eigenvalue weighted by atomic mass is 35.5. The van der Waals surface area contributed by atoms with Crippen LogP contribution in [0.4, 0.5) is 5.69 Å². The van der Waals surface area contributed by atoms with Crippen LogP contribution >= 0.6 is 11.6 Å².